The number of hydrogen-bond donors (Lipinski definition) is 2. The molecule has 1 fully saturated rings. The van der Waals surface area contributed by atoms with E-state index in [1.807, 2.05) is 13.0 Å². The second kappa shape index (κ2) is 8.12. The number of Topliss-reactive ketones (excluding diaryl/α,β-unsaturated/α-hetero) is 1. The lowest BCUT2D eigenvalue weighted by Crippen LogP contribution is -2.35. The number of nitrogens with one attached hydrogen (secondary N) is 1. The molecule has 1 aliphatic rings. The zero-order valence-electron chi connectivity index (χ0n) is 16.6. The fourth-order valence-electron chi connectivity index (χ4n) is 3.42. The number of aliphatic hydroxyl groups excluding tert-OH is 1. The Morgan fingerprint density at radius 2 is 2.10 bits per heavy atom. The van der Waals surface area contributed by atoms with E-state index in [0.29, 0.717) is 23.6 Å². The Bertz CT molecular complexity index is 1140. The predicted octanol–water partition coefficient (Wildman–Crippen LogP) is 4.68. The average molecular weight is 453 g/mol. The van der Waals surface area contributed by atoms with Gasteiger partial charge in [-0.1, -0.05) is 23.7 Å². The Labute approximate surface area is 181 Å². The number of ketones is 1. The van der Waals surface area contributed by atoms with Gasteiger partial charge < -0.3 is 10.4 Å². The van der Waals surface area contributed by atoms with Gasteiger partial charge in [-0.05, 0) is 37.3 Å². The first kappa shape index (κ1) is 21.6. The molecule has 0 bridgehead atoms. The normalized spacial score (nSPS) is 15.3. The molecule has 164 valence electrons. The molecular weight excluding hydrogens is 433 g/mol. The van der Waals surface area contributed by atoms with Crippen molar-refractivity contribution in [2.45, 2.75) is 38.5 Å². The van der Waals surface area contributed by atoms with Crippen LogP contribution in [0.25, 0.3) is 16.9 Å². The summed E-state index contributed by atoms with van der Waals surface area (Å²) in [6.07, 6.45) is -2.97. The molecule has 2 N–H and O–H groups in total. The van der Waals surface area contributed by atoms with E-state index >= 15 is 0 Å². The second-order valence-electron chi connectivity index (χ2n) is 7.80. The molecule has 0 saturated heterocycles. The molecule has 2 heterocycles. The molecule has 31 heavy (non-hydrogen) atoms. The smallest absolute Gasteiger partial charge is 0.382 e. The number of anilines is 1. The minimum atomic E-state index is -4.74. The van der Waals surface area contributed by atoms with Crippen LogP contribution in [0.2, 0.25) is 5.15 Å². The van der Waals surface area contributed by atoms with Gasteiger partial charge in [0.2, 0.25) is 0 Å². The van der Waals surface area contributed by atoms with Crippen LogP contribution in [0.5, 0.6) is 0 Å². The van der Waals surface area contributed by atoms with Gasteiger partial charge >= 0.3 is 6.18 Å². The Balaban J connectivity index is 1.63. The Morgan fingerprint density at radius 1 is 1.35 bits per heavy atom. The monoisotopic (exact) mass is 452 g/mol. The van der Waals surface area contributed by atoms with Gasteiger partial charge in [0.15, 0.2) is 22.7 Å². The fourth-order valence-corrected chi connectivity index (χ4v) is 3.60. The van der Waals surface area contributed by atoms with Gasteiger partial charge in [-0.2, -0.15) is 18.3 Å². The van der Waals surface area contributed by atoms with Crippen LogP contribution in [-0.2, 0) is 0 Å². The lowest BCUT2D eigenvalue weighted by atomic mass is 9.98. The number of aromatic nitrogens is 3. The topological polar surface area (TPSA) is 79.5 Å². The number of aliphatic hydroxyl groups is 1. The van der Waals surface area contributed by atoms with Gasteiger partial charge in [0, 0.05) is 30.2 Å². The number of benzene rings is 1. The van der Waals surface area contributed by atoms with Crippen molar-refractivity contribution in [1.29, 1.82) is 0 Å². The Hall–Kier alpha value is -2.65. The van der Waals surface area contributed by atoms with Crippen LogP contribution in [0.15, 0.2) is 30.5 Å². The fraction of sp³-hybridized carbons (Fsp3) is 0.381. The number of hydrogen-bond acceptors (Lipinski definition) is 5. The second-order valence-corrected chi connectivity index (χ2v) is 8.19. The lowest BCUT2D eigenvalue weighted by molar-refractivity contribution is -0.198. The summed E-state index contributed by atoms with van der Waals surface area (Å²) in [7, 11) is 0. The lowest BCUT2D eigenvalue weighted by Gasteiger charge is -2.16. The third-order valence-corrected chi connectivity index (χ3v) is 5.48. The van der Waals surface area contributed by atoms with Crippen molar-refractivity contribution < 1.29 is 23.1 Å². The first-order valence-corrected chi connectivity index (χ1v) is 10.2. The van der Waals surface area contributed by atoms with E-state index in [-0.39, 0.29) is 22.3 Å². The molecule has 0 radical (unpaired) electrons. The van der Waals surface area contributed by atoms with Crippen molar-refractivity contribution >= 4 is 28.7 Å². The molecule has 0 spiro atoms. The maximum atomic E-state index is 12.6. The first-order chi connectivity index (χ1) is 14.6. The maximum Gasteiger partial charge on any atom is 0.416 e. The first-order valence-electron chi connectivity index (χ1n) is 9.80. The number of alkyl halides is 3. The van der Waals surface area contributed by atoms with Crippen LogP contribution >= 0.6 is 11.6 Å². The SMILES string of the molecule is Cc1cc(-c2cnc3c(NCC(O)C(F)(F)F)cc(Cl)nn23)ccc1C(=O)CC1CC1. The molecule has 2 aromatic heterocycles. The third-order valence-electron chi connectivity index (χ3n) is 5.30. The number of imidazole rings is 1. The standard InChI is InChI=1S/C21H20ClF3N4O2/c1-11-6-13(4-5-14(11)17(30)7-12-2-3-12)16-9-27-20-15(8-19(22)28-29(16)20)26-10-18(31)21(23,24)25/h4-6,8-9,12,18,26,31H,2-3,7,10H2,1H3. The van der Waals surface area contributed by atoms with Gasteiger partial charge in [-0.15, -0.1) is 0 Å². The quantitative estimate of drug-likeness (QED) is 0.509. The van der Waals surface area contributed by atoms with E-state index in [2.05, 4.69) is 15.4 Å². The van der Waals surface area contributed by atoms with Crippen LogP contribution in [-0.4, -0.2) is 44.3 Å². The van der Waals surface area contributed by atoms with E-state index in [9.17, 15) is 23.1 Å². The van der Waals surface area contributed by atoms with Crippen molar-refractivity contribution in [2.75, 3.05) is 11.9 Å². The van der Waals surface area contributed by atoms with E-state index < -0.39 is 18.8 Å². The number of carbonyl (C=O) groups excluding carboxylic acids is 1. The van der Waals surface area contributed by atoms with Gasteiger partial charge in [0.25, 0.3) is 0 Å². The predicted molar refractivity (Wildman–Crippen MR) is 110 cm³/mol. The molecule has 10 heteroatoms. The van der Waals surface area contributed by atoms with Crippen molar-refractivity contribution in [3.63, 3.8) is 0 Å². The average Bonchev–Trinajstić information content (AvgIpc) is 3.40. The summed E-state index contributed by atoms with van der Waals surface area (Å²) in [6, 6.07) is 6.77. The number of nitrogens with zero attached hydrogens (tertiary/aromatic N) is 3. The third kappa shape index (κ3) is 4.67. The van der Waals surface area contributed by atoms with Crippen LogP contribution in [0.1, 0.15) is 35.2 Å². The summed E-state index contributed by atoms with van der Waals surface area (Å²) >= 11 is 6.07. The van der Waals surface area contributed by atoms with Crippen LogP contribution in [0, 0.1) is 12.8 Å². The molecule has 1 aliphatic carbocycles. The van der Waals surface area contributed by atoms with Crippen molar-refractivity contribution in [1.82, 2.24) is 14.6 Å². The van der Waals surface area contributed by atoms with E-state index in [0.717, 1.165) is 24.0 Å². The molecule has 1 unspecified atom stereocenters. The highest BCUT2D eigenvalue weighted by molar-refractivity contribution is 6.29. The molecule has 1 atom stereocenters. The van der Waals surface area contributed by atoms with Gasteiger partial charge in [0.05, 0.1) is 17.6 Å². The molecule has 6 nitrogen and oxygen atoms in total. The molecule has 3 aromatic rings. The maximum absolute atomic E-state index is 12.6. The zero-order chi connectivity index (χ0) is 22.3. The number of rotatable bonds is 7. The number of carbonyl (C=O) groups is 1. The minimum absolute atomic E-state index is 0.0451. The molecular formula is C21H20ClF3N4O2. The largest absolute Gasteiger partial charge is 0.416 e. The molecule has 1 aromatic carbocycles. The van der Waals surface area contributed by atoms with Crippen LogP contribution in [0.4, 0.5) is 18.9 Å². The van der Waals surface area contributed by atoms with E-state index in [4.69, 9.17) is 11.6 Å². The minimum Gasteiger partial charge on any atom is -0.382 e. The molecule has 1 saturated carbocycles. The van der Waals surface area contributed by atoms with Gasteiger partial charge in [0.1, 0.15) is 0 Å². The highest BCUT2D eigenvalue weighted by Crippen LogP contribution is 2.34. The Morgan fingerprint density at radius 3 is 2.74 bits per heavy atom. The highest BCUT2D eigenvalue weighted by atomic mass is 35.5. The Kier molecular flexibility index (Phi) is 5.65. The summed E-state index contributed by atoms with van der Waals surface area (Å²) < 4.78 is 39.2. The number of fused-ring (bicyclic) bond motifs is 1. The number of halogens is 4. The summed E-state index contributed by atoms with van der Waals surface area (Å²) in [5.74, 6) is 0.624. The van der Waals surface area contributed by atoms with E-state index in [1.165, 1.54) is 16.8 Å². The van der Waals surface area contributed by atoms with Crippen LogP contribution in [0.3, 0.4) is 0 Å². The molecule has 4 rings (SSSR count). The van der Waals surface area contributed by atoms with Crippen molar-refractivity contribution in [2.24, 2.45) is 5.92 Å². The summed E-state index contributed by atoms with van der Waals surface area (Å²) in [5.41, 5.74) is 3.29. The summed E-state index contributed by atoms with van der Waals surface area (Å²) in [6.45, 7) is 1.11. The van der Waals surface area contributed by atoms with Gasteiger partial charge in [-0.25, -0.2) is 9.50 Å². The molecule has 0 aliphatic heterocycles. The van der Waals surface area contributed by atoms with E-state index in [1.54, 1.807) is 12.1 Å². The summed E-state index contributed by atoms with van der Waals surface area (Å²) in [4.78, 5) is 16.7. The zero-order valence-corrected chi connectivity index (χ0v) is 17.3. The van der Waals surface area contributed by atoms with Crippen molar-refractivity contribution in [3.05, 3.63) is 46.7 Å². The highest BCUT2D eigenvalue weighted by Gasteiger charge is 2.38. The number of aryl methyl sites for hydroxylation is 1. The molecule has 0 amide bonds. The summed E-state index contributed by atoms with van der Waals surface area (Å²) in [5, 5.41) is 16.0. The van der Waals surface area contributed by atoms with Crippen molar-refractivity contribution in [3.8, 4) is 11.3 Å². The van der Waals surface area contributed by atoms with Gasteiger partial charge in [-0.3, -0.25) is 4.79 Å². The van der Waals surface area contributed by atoms with Crippen LogP contribution < -0.4 is 5.32 Å².